The van der Waals surface area contributed by atoms with E-state index in [0.717, 1.165) is 0 Å². The van der Waals surface area contributed by atoms with Crippen molar-refractivity contribution in [1.82, 2.24) is 0 Å². The van der Waals surface area contributed by atoms with Crippen LogP contribution in [0.3, 0.4) is 0 Å². The molecular formula is C32H24O11. The fourth-order valence-corrected chi connectivity index (χ4v) is 5.66. The Hall–Kier alpha value is -5.71. The number of phenols is 2. The predicted octanol–water partition coefficient (Wildman–Crippen LogP) is 5.62. The van der Waals surface area contributed by atoms with Gasteiger partial charge in [-0.15, -0.1) is 0 Å². The van der Waals surface area contributed by atoms with E-state index in [1.165, 1.54) is 45.6 Å². The summed E-state index contributed by atoms with van der Waals surface area (Å²) in [5.41, 5.74) is -0.937. The van der Waals surface area contributed by atoms with Crippen LogP contribution >= 0.6 is 0 Å². The highest BCUT2D eigenvalue weighted by Crippen LogP contribution is 2.53. The standard InChI is InChI=1S/C32H24O11/c1-12-6-19-25(34)24-29(41-5)23-22(26(35)30(24)43-27(19)20(7-12)31(36)37)21(33)11-17(28(23)40-4)16-9-14(39-3)10-18-15(16)8-13(2)42-32(18)38/h6-11,33,35H,1-5H3,(H,36,37). The van der Waals surface area contributed by atoms with E-state index in [9.17, 15) is 29.7 Å². The molecule has 0 amide bonds. The van der Waals surface area contributed by atoms with Crippen molar-refractivity contribution >= 4 is 49.5 Å². The number of aryl methyl sites for hydroxylation is 2. The summed E-state index contributed by atoms with van der Waals surface area (Å²) in [4.78, 5) is 38.7. The van der Waals surface area contributed by atoms with E-state index in [0.29, 0.717) is 28.0 Å². The Balaban J connectivity index is 1.86. The summed E-state index contributed by atoms with van der Waals surface area (Å²) in [7, 11) is 4.10. The summed E-state index contributed by atoms with van der Waals surface area (Å²) in [6.45, 7) is 3.26. The van der Waals surface area contributed by atoms with E-state index in [1.807, 2.05) is 0 Å². The number of hydrogen-bond acceptors (Lipinski definition) is 10. The topological polar surface area (TPSA) is 166 Å². The molecule has 11 nitrogen and oxygen atoms in total. The van der Waals surface area contributed by atoms with Gasteiger partial charge >= 0.3 is 11.6 Å². The van der Waals surface area contributed by atoms with Crippen molar-refractivity contribution < 1.29 is 43.2 Å². The summed E-state index contributed by atoms with van der Waals surface area (Å²) in [6.07, 6.45) is 0. The summed E-state index contributed by atoms with van der Waals surface area (Å²) in [5, 5.41) is 32.9. The summed E-state index contributed by atoms with van der Waals surface area (Å²) in [6, 6.07) is 8.99. The van der Waals surface area contributed by atoms with E-state index in [-0.39, 0.29) is 60.7 Å². The van der Waals surface area contributed by atoms with Gasteiger partial charge in [0, 0.05) is 10.9 Å². The normalized spacial score (nSPS) is 11.5. The highest BCUT2D eigenvalue weighted by atomic mass is 16.5. The number of carboxylic acids is 1. The number of aromatic carboxylic acids is 1. The summed E-state index contributed by atoms with van der Waals surface area (Å²) >= 11 is 0. The number of carboxylic acid groups (broad SMARTS) is 1. The SMILES string of the molecule is COc1cc(-c2cc(O)c3c(O)c4oc5c(C(=O)O)cc(C)cc5c(=O)c4c(OC)c3c2OC)c2cc(C)oc(=O)c2c1. The van der Waals surface area contributed by atoms with E-state index in [4.69, 9.17) is 23.0 Å². The highest BCUT2D eigenvalue weighted by Gasteiger charge is 2.29. The average Bonchev–Trinajstić information content (AvgIpc) is 2.97. The zero-order chi connectivity index (χ0) is 30.9. The Bertz CT molecular complexity index is 2310. The average molecular weight is 585 g/mol. The third-order valence-electron chi connectivity index (χ3n) is 7.44. The number of benzene rings is 4. The van der Waals surface area contributed by atoms with E-state index in [1.54, 1.807) is 26.0 Å². The Morgan fingerprint density at radius 1 is 0.721 bits per heavy atom. The molecule has 6 aromatic rings. The molecule has 0 radical (unpaired) electrons. The molecule has 218 valence electrons. The smallest absolute Gasteiger partial charge is 0.343 e. The lowest BCUT2D eigenvalue weighted by Crippen LogP contribution is -2.09. The molecule has 0 unspecified atom stereocenters. The lowest BCUT2D eigenvalue weighted by atomic mass is 9.92. The van der Waals surface area contributed by atoms with Crippen LogP contribution in [-0.2, 0) is 0 Å². The molecule has 0 aliphatic carbocycles. The van der Waals surface area contributed by atoms with Crippen LogP contribution in [0.2, 0.25) is 0 Å². The van der Waals surface area contributed by atoms with Gasteiger partial charge in [0.1, 0.15) is 39.7 Å². The first kappa shape index (κ1) is 27.5. The minimum atomic E-state index is -1.33. The van der Waals surface area contributed by atoms with Gasteiger partial charge in [-0.2, -0.15) is 0 Å². The third-order valence-corrected chi connectivity index (χ3v) is 7.44. The Kier molecular flexibility index (Phi) is 6.19. The maximum Gasteiger partial charge on any atom is 0.343 e. The molecule has 0 saturated heterocycles. The summed E-state index contributed by atoms with van der Waals surface area (Å²) < 4.78 is 28.2. The van der Waals surface area contributed by atoms with Crippen LogP contribution in [0.15, 0.2) is 54.8 Å². The first-order valence-corrected chi connectivity index (χ1v) is 12.9. The van der Waals surface area contributed by atoms with Crippen molar-refractivity contribution in [1.29, 1.82) is 0 Å². The minimum absolute atomic E-state index is 0.0396. The maximum atomic E-state index is 14.0. The van der Waals surface area contributed by atoms with E-state index in [2.05, 4.69) is 0 Å². The molecule has 0 bridgehead atoms. The molecule has 0 aliphatic rings. The number of carbonyl (C=O) groups is 1. The molecule has 6 rings (SSSR count). The molecule has 0 atom stereocenters. The number of methoxy groups -OCH3 is 3. The Labute approximate surface area is 241 Å². The zero-order valence-corrected chi connectivity index (χ0v) is 23.6. The maximum absolute atomic E-state index is 14.0. The van der Waals surface area contributed by atoms with Crippen LogP contribution in [0.5, 0.6) is 28.7 Å². The fourth-order valence-electron chi connectivity index (χ4n) is 5.66. The van der Waals surface area contributed by atoms with Gasteiger partial charge in [-0.1, -0.05) is 0 Å². The molecule has 0 aliphatic heterocycles. The molecule has 0 saturated carbocycles. The van der Waals surface area contributed by atoms with Crippen LogP contribution < -0.4 is 25.3 Å². The van der Waals surface area contributed by atoms with Crippen molar-refractivity contribution in [3.05, 3.63) is 73.9 Å². The van der Waals surface area contributed by atoms with Crippen LogP contribution in [0, 0.1) is 13.8 Å². The van der Waals surface area contributed by atoms with Crippen LogP contribution in [0.25, 0.3) is 54.6 Å². The zero-order valence-electron chi connectivity index (χ0n) is 23.6. The Morgan fingerprint density at radius 3 is 2.09 bits per heavy atom. The number of phenolic OH excluding ortho intramolecular Hbond substituents is 2. The molecule has 43 heavy (non-hydrogen) atoms. The number of fused-ring (bicyclic) bond motifs is 4. The fraction of sp³-hybridized carbons (Fsp3) is 0.156. The molecular weight excluding hydrogens is 560 g/mol. The van der Waals surface area contributed by atoms with Crippen molar-refractivity contribution in [3.8, 4) is 39.9 Å². The predicted molar refractivity (Wildman–Crippen MR) is 158 cm³/mol. The molecule has 2 aromatic heterocycles. The second-order valence-corrected chi connectivity index (χ2v) is 10.0. The molecule has 0 fully saturated rings. The van der Waals surface area contributed by atoms with Crippen molar-refractivity contribution in [3.63, 3.8) is 0 Å². The van der Waals surface area contributed by atoms with Gasteiger partial charge in [-0.05, 0) is 61.4 Å². The number of ether oxygens (including phenoxy) is 3. The third kappa shape index (κ3) is 3.92. The summed E-state index contributed by atoms with van der Waals surface area (Å²) in [5.74, 6) is -1.72. The van der Waals surface area contributed by atoms with Crippen LogP contribution in [0.4, 0.5) is 0 Å². The molecule has 0 spiro atoms. The number of aromatic hydroxyl groups is 2. The molecule has 2 heterocycles. The van der Waals surface area contributed by atoms with Crippen molar-refractivity contribution in [2.24, 2.45) is 0 Å². The second kappa shape index (κ2) is 9.69. The van der Waals surface area contributed by atoms with Gasteiger partial charge in [0.25, 0.3) is 0 Å². The van der Waals surface area contributed by atoms with Crippen LogP contribution in [-0.4, -0.2) is 42.6 Å². The van der Waals surface area contributed by atoms with E-state index >= 15 is 0 Å². The minimum Gasteiger partial charge on any atom is -0.507 e. The molecule has 4 aromatic carbocycles. The lowest BCUT2D eigenvalue weighted by Gasteiger charge is -2.20. The van der Waals surface area contributed by atoms with Gasteiger partial charge in [0.15, 0.2) is 16.9 Å². The van der Waals surface area contributed by atoms with Gasteiger partial charge < -0.3 is 38.4 Å². The van der Waals surface area contributed by atoms with E-state index < -0.39 is 28.5 Å². The highest BCUT2D eigenvalue weighted by molar-refractivity contribution is 6.18. The van der Waals surface area contributed by atoms with Gasteiger partial charge in [-0.3, -0.25) is 4.79 Å². The first-order valence-electron chi connectivity index (χ1n) is 12.9. The van der Waals surface area contributed by atoms with Gasteiger partial charge in [-0.25, -0.2) is 9.59 Å². The molecule has 11 heteroatoms. The number of hydrogen-bond donors (Lipinski definition) is 3. The first-order chi connectivity index (χ1) is 20.5. The Morgan fingerprint density at radius 2 is 1.44 bits per heavy atom. The molecule has 3 N–H and O–H groups in total. The van der Waals surface area contributed by atoms with Crippen molar-refractivity contribution in [2.75, 3.05) is 21.3 Å². The number of rotatable bonds is 5. The van der Waals surface area contributed by atoms with Gasteiger partial charge in [0.2, 0.25) is 5.43 Å². The largest absolute Gasteiger partial charge is 0.507 e. The monoisotopic (exact) mass is 584 g/mol. The second-order valence-electron chi connectivity index (χ2n) is 10.0. The van der Waals surface area contributed by atoms with Crippen molar-refractivity contribution in [2.45, 2.75) is 13.8 Å². The quantitative estimate of drug-likeness (QED) is 0.215. The van der Waals surface area contributed by atoms with Gasteiger partial charge in [0.05, 0.1) is 42.9 Å². The van der Waals surface area contributed by atoms with Crippen LogP contribution in [0.1, 0.15) is 21.7 Å². The lowest BCUT2D eigenvalue weighted by molar-refractivity contribution is 0.0697.